The van der Waals surface area contributed by atoms with Crippen molar-refractivity contribution >= 4 is 17.7 Å². The Kier molecular flexibility index (Phi) is 17.7. The van der Waals surface area contributed by atoms with Gasteiger partial charge in [-0.1, -0.05) is 125 Å². The minimum absolute atomic E-state index is 0.0889. The zero-order valence-corrected chi connectivity index (χ0v) is 36.7. The van der Waals surface area contributed by atoms with Crippen LogP contribution in [0.1, 0.15) is 92.0 Å². The first kappa shape index (κ1) is 45.1. The fraction of sp³-hybridized carbons (Fsp3) is 0.346. The van der Waals surface area contributed by atoms with Gasteiger partial charge < -0.3 is 20.7 Å². The normalized spacial score (nSPS) is 13.6. The van der Waals surface area contributed by atoms with Gasteiger partial charge >= 0.3 is 0 Å². The van der Waals surface area contributed by atoms with Crippen LogP contribution in [0.3, 0.4) is 0 Å². The lowest BCUT2D eigenvalue weighted by atomic mass is 9.87. The van der Waals surface area contributed by atoms with Gasteiger partial charge in [-0.25, -0.2) is 0 Å². The lowest BCUT2D eigenvalue weighted by molar-refractivity contribution is 0.249. The molecule has 0 aromatic heterocycles. The lowest BCUT2D eigenvalue weighted by Crippen LogP contribution is -2.30. The maximum Gasteiger partial charge on any atom is 0.105 e. The van der Waals surface area contributed by atoms with E-state index in [1.807, 2.05) is 33.0 Å². The molecule has 0 bridgehead atoms. The molecule has 0 saturated carbocycles. The Balaban J connectivity index is 0.000000474. The van der Waals surface area contributed by atoms with Crippen molar-refractivity contribution in [3.05, 3.63) is 171 Å². The van der Waals surface area contributed by atoms with Crippen LogP contribution in [0.25, 0.3) is 28.3 Å². The minimum Gasteiger partial charge on any atom is -0.500 e. The van der Waals surface area contributed by atoms with Gasteiger partial charge in [-0.15, -0.1) is 0 Å². The van der Waals surface area contributed by atoms with Gasteiger partial charge in [0.15, 0.2) is 0 Å². The van der Waals surface area contributed by atoms with Crippen molar-refractivity contribution in [1.82, 2.24) is 16.0 Å². The number of fused-ring (bicyclic) bond motifs is 1. The van der Waals surface area contributed by atoms with E-state index in [2.05, 4.69) is 136 Å². The molecule has 0 aliphatic carbocycles. The molecule has 0 spiro atoms. The van der Waals surface area contributed by atoms with Gasteiger partial charge in [-0.3, -0.25) is 0 Å². The van der Waals surface area contributed by atoms with E-state index in [0.29, 0.717) is 6.54 Å². The van der Waals surface area contributed by atoms with Crippen molar-refractivity contribution < 1.29 is 4.74 Å². The summed E-state index contributed by atoms with van der Waals surface area (Å²) in [5.74, 6) is 0.742. The summed E-state index contributed by atoms with van der Waals surface area (Å²) >= 11 is 6.86. The number of aryl methyl sites for hydroxylation is 2. The Bertz CT molecular complexity index is 2090. The molecule has 3 N–H and O–H groups in total. The number of rotatable bonds is 14. The van der Waals surface area contributed by atoms with E-state index < -0.39 is 0 Å². The summed E-state index contributed by atoms with van der Waals surface area (Å²) in [4.78, 5) is 0. The topological polar surface area (TPSA) is 45.3 Å². The first-order valence-corrected chi connectivity index (χ1v) is 21.2. The Morgan fingerprint density at radius 3 is 2.26 bits per heavy atom. The molecular formula is C52H66ClN3O. The van der Waals surface area contributed by atoms with Gasteiger partial charge in [-0.2, -0.15) is 0 Å². The highest BCUT2D eigenvalue weighted by molar-refractivity contribution is 6.31. The molecule has 2 heterocycles. The molecule has 4 aromatic carbocycles. The molecular weight excluding hydrogens is 718 g/mol. The van der Waals surface area contributed by atoms with E-state index in [9.17, 15) is 0 Å². The molecule has 0 fully saturated rings. The molecule has 1 unspecified atom stereocenters. The van der Waals surface area contributed by atoms with Gasteiger partial charge in [0.25, 0.3) is 0 Å². The van der Waals surface area contributed by atoms with Crippen molar-refractivity contribution in [1.29, 1.82) is 0 Å². The first-order valence-electron chi connectivity index (χ1n) is 20.8. The molecule has 2 aliphatic rings. The lowest BCUT2D eigenvalue weighted by Gasteiger charge is -2.20. The standard InChI is InChI=1S/C40H45ClN2O.C10H15N.C2H6/c1-7-29-21-33(39(41)23-35(29)25-43-40(8-2)28(5)44-6)18-15-30-11-9-13-37(26(30)3)38-14-10-12-36(27(38)4)32-17-16-31-19-20-42-24-34(31)22-32;1-4-9-5-10(8(2)3)7-11-6-9;1-2/h7,9-14,16-17,21-23,40,42-43H,1,5,8,15,18-20,24-25H2,2-4,6H3;5,7,11H,2,4,6H2,1,3H3;1-2H3. The molecule has 2 aliphatic heterocycles. The van der Waals surface area contributed by atoms with Crippen LogP contribution in [0.15, 0.2) is 121 Å². The molecule has 4 nitrogen and oxygen atoms in total. The van der Waals surface area contributed by atoms with Crippen molar-refractivity contribution in [2.75, 3.05) is 20.2 Å². The van der Waals surface area contributed by atoms with Crippen LogP contribution >= 0.6 is 11.6 Å². The second-order valence-corrected chi connectivity index (χ2v) is 15.2. The number of hydrogen-bond acceptors (Lipinski definition) is 4. The average Bonchev–Trinajstić information content (AvgIpc) is 3.24. The van der Waals surface area contributed by atoms with E-state index in [4.69, 9.17) is 16.3 Å². The van der Waals surface area contributed by atoms with E-state index >= 15 is 0 Å². The van der Waals surface area contributed by atoms with Crippen LogP contribution in [-0.4, -0.2) is 26.2 Å². The summed E-state index contributed by atoms with van der Waals surface area (Å²) < 4.78 is 5.36. The Labute approximate surface area is 349 Å². The third kappa shape index (κ3) is 11.7. The molecule has 6 rings (SSSR count). The number of allylic oxidation sites excluding steroid dienone is 3. The summed E-state index contributed by atoms with van der Waals surface area (Å²) in [6, 6.07) is 24.8. The summed E-state index contributed by atoms with van der Waals surface area (Å²) in [5, 5.41) is 11.1. The Morgan fingerprint density at radius 1 is 0.877 bits per heavy atom. The van der Waals surface area contributed by atoms with Crippen LogP contribution in [0.2, 0.25) is 5.02 Å². The molecule has 57 heavy (non-hydrogen) atoms. The van der Waals surface area contributed by atoms with Crippen LogP contribution in [0.4, 0.5) is 0 Å². The number of dihydropyridines is 1. The summed E-state index contributed by atoms with van der Waals surface area (Å²) in [7, 11) is 1.66. The predicted molar refractivity (Wildman–Crippen MR) is 249 cm³/mol. The highest BCUT2D eigenvalue weighted by Crippen LogP contribution is 2.36. The first-order chi connectivity index (χ1) is 27.6. The minimum atomic E-state index is 0.0889. The van der Waals surface area contributed by atoms with Crippen LogP contribution in [-0.2, 0) is 37.1 Å². The quantitative estimate of drug-likeness (QED) is 0.111. The van der Waals surface area contributed by atoms with E-state index in [-0.39, 0.29) is 6.04 Å². The SMILES string of the molecule is C=C(C)C1=CNCC(CC)=C1.C=Cc1cc(CCc2cccc(-c3cccc(-c4ccc5c(c4)CNCC5)c3C)c2C)c(Cl)cc1CNC(CC)C(=C)OC.CC. The zero-order valence-electron chi connectivity index (χ0n) is 35.9. The molecule has 0 amide bonds. The molecule has 0 saturated heterocycles. The molecule has 302 valence electrons. The van der Waals surface area contributed by atoms with Crippen molar-refractivity contribution in [2.45, 2.75) is 99.7 Å². The zero-order chi connectivity index (χ0) is 41.5. The number of methoxy groups -OCH3 is 1. The predicted octanol–water partition coefficient (Wildman–Crippen LogP) is 12.8. The van der Waals surface area contributed by atoms with Crippen molar-refractivity contribution in [3.63, 3.8) is 0 Å². The highest BCUT2D eigenvalue weighted by Gasteiger charge is 2.16. The third-order valence-electron chi connectivity index (χ3n) is 11.2. The Morgan fingerprint density at radius 2 is 1.58 bits per heavy atom. The monoisotopic (exact) mass is 783 g/mol. The van der Waals surface area contributed by atoms with Crippen LogP contribution in [0, 0.1) is 13.8 Å². The summed E-state index contributed by atoms with van der Waals surface area (Å²) in [5.41, 5.74) is 19.2. The largest absolute Gasteiger partial charge is 0.500 e. The highest BCUT2D eigenvalue weighted by atomic mass is 35.5. The summed E-state index contributed by atoms with van der Waals surface area (Å²) in [6.07, 6.45) is 11.1. The third-order valence-corrected chi connectivity index (χ3v) is 11.5. The maximum absolute atomic E-state index is 6.86. The van der Waals surface area contributed by atoms with Crippen molar-refractivity contribution in [2.24, 2.45) is 0 Å². The average molecular weight is 785 g/mol. The van der Waals surface area contributed by atoms with E-state index in [1.54, 1.807) is 7.11 Å². The van der Waals surface area contributed by atoms with Gasteiger partial charge in [0.1, 0.15) is 5.76 Å². The summed E-state index contributed by atoms with van der Waals surface area (Å²) in [6.45, 7) is 30.5. The van der Waals surface area contributed by atoms with E-state index in [1.165, 1.54) is 61.2 Å². The molecule has 5 heteroatoms. The number of benzene rings is 4. The van der Waals surface area contributed by atoms with Crippen LogP contribution in [0.5, 0.6) is 0 Å². The van der Waals surface area contributed by atoms with Crippen LogP contribution < -0.4 is 16.0 Å². The van der Waals surface area contributed by atoms with Gasteiger partial charge in [-0.05, 0) is 156 Å². The van der Waals surface area contributed by atoms with Gasteiger partial charge in [0, 0.05) is 30.9 Å². The maximum atomic E-state index is 6.86. The van der Waals surface area contributed by atoms with Crippen molar-refractivity contribution in [3.8, 4) is 22.3 Å². The second kappa shape index (κ2) is 22.4. The number of hydrogen-bond donors (Lipinski definition) is 3. The molecule has 1 atom stereocenters. The van der Waals surface area contributed by atoms with Gasteiger partial charge in [0.2, 0.25) is 0 Å². The number of ether oxygens (including phenoxy) is 1. The Hall–Kier alpha value is -4.61. The number of halogens is 1. The van der Waals surface area contributed by atoms with Gasteiger partial charge in [0.05, 0.1) is 13.2 Å². The van der Waals surface area contributed by atoms with E-state index in [0.717, 1.165) is 84.8 Å². The molecule has 4 aromatic rings. The second-order valence-electron chi connectivity index (χ2n) is 14.8. The number of nitrogens with one attached hydrogen (secondary N) is 3. The fourth-order valence-corrected chi connectivity index (χ4v) is 7.84. The fourth-order valence-electron chi connectivity index (χ4n) is 7.56. The smallest absolute Gasteiger partial charge is 0.105 e. The molecule has 0 radical (unpaired) electrons.